The molecule has 1 aromatic rings. The molecule has 0 bridgehead atoms. The van der Waals surface area contributed by atoms with Gasteiger partial charge in [0, 0.05) is 11.6 Å². The average molecular weight is 225 g/mol. The summed E-state index contributed by atoms with van der Waals surface area (Å²) in [6.45, 7) is -0.601. The first-order valence-electron chi connectivity index (χ1n) is 4.85. The Bertz CT molecular complexity index is 374. The second-order valence-electron chi connectivity index (χ2n) is 3.22. The number of terminal acetylenes is 1. The fourth-order valence-electron chi connectivity index (χ4n) is 1.36. The molecule has 4 heteroatoms. The van der Waals surface area contributed by atoms with E-state index >= 15 is 0 Å². The number of alkyl halides is 2. The van der Waals surface area contributed by atoms with E-state index in [2.05, 4.69) is 16.0 Å². The molecule has 0 heterocycles. The second kappa shape index (κ2) is 6.09. The lowest BCUT2D eigenvalue weighted by atomic mass is 10.1. The molecule has 1 N–H and O–H groups in total. The fraction of sp³-hybridized carbons (Fsp3) is 0.333. The first kappa shape index (κ1) is 12.5. The van der Waals surface area contributed by atoms with Crippen LogP contribution in [0.4, 0.5) is 8.78 Å². The van der Waals surface area contributed by atoms with Crippen molar-refractivity contribution in [3.63, 3.8) is 0 Å². The number of halogens is 2. The van der Waals surface area contributed by atoms with Crippen LogP contribution in [0.3, 0.4) is 0 Å². The molecule has 0 radical (unpaired) electrons. The SMILES string of the molecule is C#CCNC(C)c1ccccc1OC(F)F. The third kappa shape index (κ3) is 3.52. The quantitative estimate of drug-likeness (QED) is 0.778. The summed E-state index contributed by atoms with van der Waals surface area (Å²) in [5.74, 6) is 2.60. The van der Waals surface area contributed by atoms with Gasteiger partial charge in [-0.2, -0.15) is 8.78 Å². The highest BCUT2D eigenvalue weighted by molar-refractivity contribution is 5.35. The molecule has 2 nitrogen and oxygen atoms in total. The zero-order chi connectivity index (χ0) is 12.0. The number of rotatable bonds is 5. The predicted octanol–water partition coefficient (Wildman–Crippen LogP) is 2.57. The van der Waals surface area contributed by atoms with Crippen molar-refractivity contribution in [3.8, 4) is 18.1 Å². The highest BCUT2D eigenvalue weighted by Gasteiger charge is 2.13. The van der Waals surface area contributed by atoms with Gasteiger partial charge < -0.3 is 4.74 Å². The van der Waals surface area contributed by atoms with Gasteiger partial charge in [-0.05, 0) is 13.0 Å². The molecule has 1 unspecified atom stereocenters. The van der Waals surface area contributed by atoms with Gasteiger partial charge in [0.15, 0.2) is 0 Å². The molecular weight excluding hydrogens is 212 g/mol. The minimum Gasteiger partial charge on any atom is -0.434 e. The molecule has 0 aliphatic carbocycles. The molecule has 0 aromatic heterocycles. The van der Waals surface area contributed by atoms with Crippen molar-refractivity contribution in [2.24, 2.45) is 0 Å². The summed E-state index contributed by atoms with van der Waals surface area (Å²) < 4.78 is 28.7. The normalized spacial score (nSPS) is 12.2. The van der Waals surface area contributed by atoms with Crippen LogP contribution in [0.2, 0.25) is 0 Å². The highest BCUT2D eigenvalue weighted by atomic mass is 19.3. The van der Waals surface area contributed by atoms with E-state index in [0.29, 0.717) is 12.1 Å². The zero-order valence-corrected chi connectivity index (χ0v) is 8.91. The molecule has 1 atom stereocenters. The van der Waals surface area contributed by atoms with Crippen LogP contribution >= 0.6 is 0 Å². The minimum atomic E-state index is -2.82. The van der Waals surface area contributed by atoms with Gasteiger partial charge >= 0.3 is 6.61 Å². The highest BCUT2D eigenvalue weighted by Crippen LogP contribution is 2.25. The maximum Gasteiger partial charge on any atom is 0.387 e. The number of benzene rings is 1. The topological polar surface area (TPSA) is 21.3 Å². The van der Waals surface area contributed by atoms with Crippen molar-refractivity contribution in [1.29, 1.82) is 0 Å². The molecule has 0 aliphatic rings. The van der Waals surface area contributed by atoms with Crippen molar-refractivity contribution in [2.75, 3.05) is 6.54 Å². The van der Waals surface area contributed by atoms with Gasteiger partial charge in [-0.1, -0.05) is 24.1 Å². The van der Waals surface area contributed by atoms with Gasteiger partial charge in [-0.3, -0.25) is 5.32 Å². The van der Waals surface area contributed by atoms with E-state index in [0.717, 1.165) is 0 Å². The van der Waals surface area contributed by atoms with Gasteiger partial charge in [-0.25, -0.2) is 0 Å². The maximum absolute atomic E-state index is 12.1. The summed E-state index contributed by atoms with van der Waals surface area (Å²) in [6, 6.07) is 6.52. The van der Waals surface area contributed by atoms with E-state index < -0.39 is 6.61 Å². The van der Waals surface area contributed by atoms with Crippen molar-refractivity contribution in [1.82, 2.24) is 5.32 Å². The number of para-hydroxylation sites is 1. The molecule has 0 saturated heterocycles. The molecule has 0 amide bonds. The molecule has 1 rings (SSSR count). The Morgan fingerprint density at radius 3 is 2.75 bits per heavy atom. The van der Waals surface area contributed by atoms with Crippen LogP contribution < -0.4 is 10.1 Å². The lowest BCUT2D eigenvalue weighted by Gasteiger charge is -2.16. The Balaban J connectivity index is 2.81. The lowest BCUT2D eigenvalue weighted by Crippen LogP contribution is -2.19. The van der Waals surface area contributed by atoms with Crippen molar-refractivity contribution in [3.05, 3.63) is 29.8 Å². The Morgan fingerprint density at radius 1 is 1.44 bits per heavy atom. The fourth-order valence-corrected chi connectivity index (χ4v) is 1.36. The Labute approximate surface area is 93.6 Å². The predicted molar refractivity (Wildman–Crippen MR) is 58.3 cm³/mol. The van der Waals surface area contributed by atoms with Gasteiger partial charge in [0.05, 0.1) is 6.54 Å². The van der Waals surface area contributed by atoms with Crippen LogP contribution in [0.5, 0.6) is 5.75 Å². The van der Waals surface area contributed by atoms with Crippen molar-refractivity contribution < 1.29 is 13.5 Å². The Morgan fingerprint density at radius 2 is 2.12 bits per heavy atom. The Hall–Kier alpha value is -1.60. The second-order valence-corrected chi connectivity index (χ2v) is 3.22. The van der Waals surface area contributed by atoms with Gasteiger partial charge in [0.2, 0.25) is 0 Å². The van der Waals surface area contributed by atoms with Gasteiger partial charge in [0.1, 0.15) is 5.75 Å². The van der Waals surface area contributed by atoms with Gasteiger partial charge in [-0.15, -0.1) is 6.42 Å². The van der Waals surface area contributed by atoms with Crippen LogP contribution in [0.15, 0.2) is 24.3 Å². The average Bonchev–Trinajstić information content (AvgIpc) is 2.26. The molecule has 16 heavy (non-hydrogen) atoms. The summed E-state index contributed by atoms with van der Waals surface area (Å²) in [5.41, 5.74) is 0.665. The number of ether oxygens (including phenoxy) is 1. The molecule has 0 fully saturated rings. The van der Waals surface area contributed by atoms with Crippen LogP contribution in [0.25, 0.3) is 0 Å². The number of hydrogen-bond donors (Lipinski definition) is 1. The summed E-state index contributed by atoms with van der Waals surface area (Å²) in [5, 5.41) is 3.00. The van der Waals surface area contributed by atoms with E-state index in [1.54, 1.807) is 18.2 Å². The Kier molecular flexibility index (Phi) is 4.74. The standard InChI is InChI=1S/C12H13F2NO/c1-3-8-15-9(2)10-6-4-5-7-11(10)16-12(13)14/h1,4-7,9,12,15H,8H2,2H3. The van der Waals surface area contributed by atoms with Crippen LogP contribution in [0, 0.1) is 12.3 Å². The van der Waals surface area contributed by atoms with E-state index in [9.17, 15) is 8.78 Å². The smallest absolute Gasteiger partial charge is 0.387 e. The van der Waals surface area contributed by atoms with E-state index in [1.807, 2.05) is 6.92 Å². The van der Waals surface area contributed by atoms with Crippen molar-refractivity contribution >= 4 is 0 Å². The first-order valence-corrected chi connectivity index (χ1v) is 4.85. The van der Waals surface area contributed by atoms with Crippen LogP contribution in [0.1, 0.15) is 18.5 Å². The molecule has 86 valence electrons. The lowest BCUT2D eigenvalue weighted by molar-refractivity contribution is -0.0506. The molecule has 0 saturated carbocycles. The molecule has 1 aromatic carbocycles. The van der Waals surface area contributed by atoms with Crippen LogP contribution in [-0.4, -0.2) is 13.2 Å². The first-order chi connectivity index (χ1) is 7.65. The van der Waals surface area contributed by atoms with Crippen molar-refractivity contribution in [2.45, 2.75) is 19.6 Å². The largest absolute Gasteiger partial charge is 0.434 e. The summed E-state index contributed by atoms with van der Waals surface area (Å²) in [4.78, 5) is 0. The molecule has 0 aliphatic heterocycles. The number of nitrogens with one attached hydrogen (secondary N) is 1. The molecular formula is C12H13F2NO. The van der Waals surface area contributed by atoms with E-state index in [-0.39, 0.29) is 11.8 Å². The summed E-state index contributed by atoms with van der Waals surface area (Å²) in [7, 11) is 0. The van der Waals surface area contributed by atoms with Crippen LogP contribution in [-0.2, 0) is 0 Å². The van der Waals surface area contributed by atoms with Gasteiger partial charge in [0.25, 0.3) is 0 Å². The zero-order valence-electron chi connectivity index (χ0n) is 8.91. The third-order valence-electron chi connectivity index (χ3n) is 2.11. The molecule has 0 spiro atoms. The maximum atomic E-state index is 12.1. The number of hydrogen-bond acceptors (Lipinski definition) is 2. The monoisotopic (exact) mass is 225 g/mol. The summed E-state index contributed by atoms with van der Waals surface area (Å²) in [6.07, 6.45) is 5.11. The third-order valence-corrected chi connectivity index (χ3v) is 2.11. The summed E-state index contributed by atoms with van der Waals surface area (Å²) >= 11 is 0. The van der Waals surface area contributed by atoms with E-state index in [4.69, 9.17) is 6.42 Å². The minimum absolute atomic E-state index is 0.133. The van der Waals surface area contributed by atoms with E-state index in [1.165, 1.54) is 6.07 Å².